The highest BCUT2D eigenvalue weighted by molar-refractivity contribution is 5.73. The Morgan fingerprint density at radius 3 is 1.91 bits per heavy atom. The molecule has 0 radical (unpaired) electrons. The second kappa shape index (κ2) is 14.0. The molecule has 0 aliphatic heterocycles. The van der Waals surface area contributed by atoms with E-state index < -0.39 is 18.2 Å². The fourth-order valence-corrected chi connectivity index (χ4v) is 2.68. The monoisotopic (exact) mass is 315 g/mol. The zero-order valence-corrected chi connectivity index (χ0v) is 14.8. The summed E-state index contributed by atoms with van der Waals surface area (Å²) in [5.74, 6) is -0.576. The number of aliphatic carboxylic acids is 1. The summed E-state index contributed by atoms with van der Waals surface area (Å²) in [4.78, 5) is 11.1. The van der Waals surface area contributed by atoms with Crippen molar-refractivity contribution in [2.45, 2.75) is 104 Å². The number of aliphatic hydroxyl groups is 1. The number of carboxylic acid groups (broad SMARTS) is 1. The van der Waals surface area contributed by atoms with Crippen LogP contribution in [0.2, 0.25) is 0 Å². The maximum absolute atomic E-state index is 11.1. The van der Waals surface area contributed by atoms with Gasteiger partial charge in [0.05, 0.1) is 0 Å². The Morgan fingerprint density at radius 1 is 0.955 bits per heavy atom. The van der Waals surface area contributed by atoms with Crippen LogP contribution in [-0.2, 0) is 4.79 Å². The van der Waals surface area contributed by atoms with Gasteiger partial charge in [0.1, 0.15) is 12.3 Å². The van der Waals surface area contributed by atoms with Gasteiger partial charge in [0.15, 0.2) is 0 Å². The summed E-state index contributed by atoms with van der Waals surface area (Å²) in [6.45, 7) is 6.21. The van der Waals surface area contributed by atoms with Gasteiger partial charge in [-0.15, -0.1) is 0 Å². The van der Waals surface area contributed by atoms with Crippen molar-refractivity contribution >= 4 is 5.97 Å². The minimum absolute atomic E-state index is 0.300. The number of nitrogens with one attached hydrogen (secondary N) is 1. The van der Waals surface area contributed by atoms with Crippen molar-refractivity contribution in [2.75, 3.05) is 0 Å². The van der Waals surface area contributed by atoms with E-state index >= 15 is 0 Å². The fraction of sp³-hybridized carbons (Fsp3) is 0.944. The van der Waals surface area contributed by atoms with Crippen molar-refractivity contribution < 1.29 is 15.0 Å². The first-order valence-corrected chi connectivity index (χ1v) is 9.14. The molecule has 0 aliphatic carbocycles. The zero-order valence-electron chi connectivity index (χ0n) is 14.8. The number of rotatable bonds is 15. The van der Waals surface area contributed by atoms with Gasteiger partial charge in [-0.05, 0) is 25.2 Å². The van der Waals surface area contributed by atoms with Gasteiger partial charge in [-0.2, -0.15) is 0 Å². The first-order chi connectivity index (χ1) is 10.5. The van der Waals surface area contributed by atoms with E-state index in [0.717, 1.165) is 12.8 Å². The predicted octanol–water partition coefficient (Wildman–Crippen LogP) is 4.31. The zero-order chi connectivity index (χ0) is 16.8. The number of carbonyl (C=O) groups is 1. The minimum Gasteiger partial charge on any atom is -0.480 e. The minimum atomic E-state index is -0.875. The van der Waals surface area contributed by atoms with Gasteiger partial charge < -0.3 is 10.2 Å². The van der Waals surface area contributed by atoms with Crippen molar-refractivity contribution in [2.24, 2.45) is 5.92 Å². The highest BCUT2D eigenvalue weighted by Crippen LogP contribution is 2.12. The Bertz CT molecular complexity index is 269. The molecule has 0 amide bonds. The van der Waals surface area contributed by atoms with E-state index in [-0.39, 0.29) is 0 Å². The van der Waals surface area contributed by atoms with Crippen LogP contribution in [-0.4, -0.2) is 28.5 Å². The van der Waals surface area contributed by atoms with Crippen LogP contribution in [0.3, 0.4) is 0 Å². The van der Waals surface area contributed by atoms with Crippen LogP contribution in [0.4, 0.5) is 0 Å². The number of hydrogen-bond acceptors (Lipinski definition) is 3. The SMILES string of the molecule is CCCCCCCCCCCC(O)N[C@@H](CC(C)C)C(=O)O. The van der Waals surface area contributed by atoms with Crippen molar-refractivity contribution in [3.05, 3.63) is 0 Å². The Labute approximate surface area is 136 Å². The van der Waals surface area contributed by atoms with Crippen LogP contribution >= 0.6 is 0 Å². The van der Waals surface area contributed by atoms with Crippen molar-refractivity contribution in [3.63, 3.8) is 0 Å². The number of unbranched alkanes of at least 4 members (excludes halogenated alkanes) is 8. The lowest BCUT2D eigenvalue weighted by Gasteiger charge is -2.20. The van der Waals surface area contributed by atoms with E-state index in [0.29, 0.717) is 18.8 Å². The van der Waals surface area contributed by atoms with Gasteiger partial charge in [0.25, 0.3) is 0 Å². The molecule has 0 fully saturated rings. The molecule has 0 saturated carbocycles. The molecule has 3 N–H and O–H groups in total. The lowest BCUT2D eigenvalue weighted by atomic mass is 10.0. The third kappa shape index (κ3) is 13.1. The summed E-state index contributed by atoms with van der Waals surface area (Å²) < 4.78 is 0. The largest absolute Gasteiger partial charge is 0.480 e. The first kappa shape index (κ1) is 21.4. The van der Waals surface area contributed by atoms with E-state index in [2.05, 4.69) is 12.2 Å². The lowest BCUT2D eigenvalue weighted by Crippen LogP contribution is -2.44. The van der Waals surface area contributed by atoms with E-state index in [4.69, 9.17) is 5.11 Å². The number of aliphatic hydroxyl groups excluding tert-OH is 1. The molecule has 132 valence electrons. The summed E-state index contributed by atoms with van der Waals surface area (Å²) in [5.41, 5.74) is 0. The fourth-order valence-electron chi connectivity index (χ4n) is 2.68. The van der Waals surface area contributed by atoms with Gasteiger partial charge in [0.2, 0.25) is 0 Å². The van der Waals surface area contributed by atoms with Crippen LogP contribution < -0.4 is 5.32 Å². The maximum Gasteiger partial charge on any atom is 0.320 e. The predicted molar refractivity (Wildman–Crippen MR) is 91.9 cm³/mol. The molecule has 0 aromatic rings. The highest BCUT2D eigenvalue weighted by Gasteiger charge is 2.21. The molecule has 0 saturated heterocycles. The molecule has 0 spiro atoms. The summed E-state index contributed by atoms with van der Waals surface area (Å²) in [7, 11) is 0. The van der Waals surface area contributed by atoms with Crippen molar-refractivity contribution in [3.8, 4) is 0 Å². The molecule has 2 atom stereocenters. The molecular formula is C18H37NO3. The Morgan fingerprint density at radius 2 is 1.45 bits per heavy atom. The molecule has 4 nitrogen and oxygen atoms in total. The molecule has 4 heteroatoms. The summed E-state index contributed by atoms with van der Waals surface area (Å²) in [6, 6.07) is -0.645. The van der Waals surface area contributed by atoms with Gasteiger partial charge in [-0.1, -0.05) is 72.1 Å². The Hall–Kier alpha value is -0.610. The average molecular weight is 315 g/mol. The topological polar surface area (TPSA) is 69.6 Å². The molecule has 0 aromatic heterocycles. The summed E-state index contributed by atoms with van der Waals surface area (Å²) in [6.07, 6.45) is 11.7. The average Bonchev–Trinajstić information content (AvgIpc) is 2.44. The second-order valence-corrected chi connectivity index (χ2v) is 6.82. The van der Waals surface area contributed by atoms with Crippen LogP contribution in [0.15, 0.2) is 0 Å². The highest BCUT2D eigenvalue weighted by atomic mass is 16.4. The van der Waals surface area contributed by atoms with Crippen molar-refractivity contribution in [1.29, 1.82) is 0 Å². The first-order valence-electron chi connectivity index (χ1n) is 9.14. The molecule has 0 bridgehead atoms. The van der Waals surface area contributed by atoms with Gasteiger partial charge in [-0.25, -0.2) is 0 Å². The van der Waals surface area contributed by atoms with Gasteiger partial charge in [-0.3, -0.25) is 10.1 Å². The van der Waals surface area contributed by atoms with Crippen LogP contribution in [0.5, 0.6) is 0 Å². The van der Waals surface area contributed by atoms with Crippen LogP contribution in [0.1, 0.15) is 91.4 Å². The molecule has 0 heterocycles. The van der Waals surface area contributed by atoms with Crippen LogP contribution in [0, 0.1) is 5.92 Å². The van der Waals surface area contributed by atoms with Gasteiger partial charge in [0, 0.05) is 0 Å². The van der Waals surface area contributed by atoms with Gasteiger partial charge >= 0.3 is 5.97 Å². The molecule has 0 aromatic carbocycles. The third-order valence-corrected chi connectivity index (χ3v) is 3.98. The molecule has 1 unspecified atom stereocenters. The van der Waals surface area contributed by atoms with E-state index in [1.165, 1.54) is 44.9 Å². The van der Waals surface area contributed by atoms with Crippen molar-refractivity contribution in [1.82, 2.24) is 5.32 Å². The Balaban J connectivity index is 3.59. The molecule has 0 aliphatic rings. The van der Waals surface area contributed by atoms with Crippen LogP contribution in [0.25, 0.3) is 0 Å². The molecule has 0 rings (SSSR count). The lowest BCUT2D eigenvalue weighted by molar-refractivity contribution is -0.141. The quantitative estimate of drug-likeness (QED) is 0.311. The number of carboxylic acids is 1. The van der Waals surface area contributed by atoms with E-state index in [1.54, 1.807) is 0 Å². The van der Waals surface area contributed by atoms with E-state index in [1.807, 2.05) is 13.8 Å². The summed E-state index contributed by atoms with van der Waals surface area (Å²) >= 11 is 0. The molecular weight excluding hydrogens is 278 g/mol. The maximum atomic E-state index is 11.1. The Kier molecular flexibility index (Phi) is 13.6. The third-order valence-electron chi connectivity index (χ3n) is 3.98. The smallest absolute Gasteiger partial charge is 0.320 e. The second-order valence-electron chi connectivity index (χ2n) is 6.82. The summed E-state index contributed by atoms with van der Waals surface area (Å²) in [5, 5.41) is 21.9. The normalized spacial score (nSPS) is 14.2. The van der Waals surface area contributed by atoms with E-state index in [9.17, 15) is 9.90 Å². The number of hydrogen-bond donors (Lipinski definition) is 3. The standard InChI is InChI=1S/C18H37NO3/c1-4-5-6-7-8-9-10-11-12-13-17(20)19-16(18(21)22)14-15(2)3/h15-17,19-20H,4-14H2,1-3H3,(H,21,22)/t16-,17?/m0/s1. The molecule has 22 heavy (non-hydrogen) atoms.